The number of pyridine rings is 1. The van der Waals surface area contributed by atoms with E-state index in [9.17, 15) is 9.59 Å². The normalized spacial score (nSPS) is 11.0. The second-order valence-electron chi connectivity index (χ2n) is 6.60. The van der Waals surface area contributed by atoms with E-state index in [0.29, 0.717) is 22.9 Å². The summed E-state index contributed by atoms with van der Waals surface area (Å²) in [4.78, 5) is 28.6. The number of benzene rings is 1. The van der Waals surface area contributed by atoms with Crippen LogP contribution in [0, 0.1) is 6.92 Å². The van der Waals surface area contributed by atoms with Crippen molar-refractivity contribution in [1.29, 1.82) is 0 Å². The quantitative estimate of drug-likeness (QED) is 0.752. The van der Waals surface area contributed by atoms with Crippen molar-refractivity contribution in [2.45, 2.75) is 26.7 Å². The lowest BCUT2D eigenvalue weighted by molar-refractivity contribution is 0.102. The summed E-state index contributed by atoms with van der Waals surface area (Å²) < 4.78 is 1.45. The van der Waals surface area contributed by atoms with Crippen LogP contribution in [-0.4, -0.2) is 15.5 Å². The predicted molar refractivity (Wildman–Crippen MR) is 106 cm³/mol. The first-order valence-electron chi connectivity index (χ1n) is 8.39. The number of carbonyl (C=O) groups excluding carboxylic acids is 1. The van der Waals surface area contributed by atoms with Gasteiger partial charge in [-0.15, -0.1) is 11.3 Å². The highest BCUT2D eigenvalue weighted by atomic mass is 32.1. The number of hydrogen-bond acceptors (Lipinski definition) is 4. The van der Waals surface area contributed by atoms with Crippen LogP contribution in [0.4, 0.5) is 5.69 Å². The van der Waals surface area contributed by atoms with Gasteiger partial charge in [-0.25, -0.2) is 4.98 Å². The van der Waals surface area contributed by atoms with Crippen LogP contribution in [0.2, 0.25) is 0 Å². The SMILES string of the molecule is Cc1cc(NC(=O)c2csc(-c3ccc(C(C)C)cc3)n2)cn(C)c1=O. The molecule has 3 aromatic rings. The van der Waals surface area contributed by atoms with E-state index in [1.54, 1.807) is 31.6 Å². The first-order chi connectivity index (χ1) is 12.3. The fourth-order valence-electron chi connectivity index (χ4n) is 2.66. The molecule has 0 saturated carbocycles. The first-order valence-corrected chi connectivity index (χ1v) is 9.27. The van der Waals surface area contributed by atoms with E-state index in [-0.39, 0.29) is 11.5 Å². The highest BCUT2D eigenvalue weighted by molar-refractivity contribution is 7.13. The molecule has 0 atom stereocenters. The molecular weight excluding hydrogens is 346 g/mol. The lowest BCUT2D eigenvalue weighted by Crippen LogP contribution is -2.21. The van der Waals surface area contributed by atoms with Gasteiger partial charge in [0, 0.05) is 29.8 Å². The highest BCUT2D eigenvalue weighted by Crippen LogP contribution is 2.26. The Hall–Kier alpha value is -2.73. The summed E-state index contributed by atoms with van der Waals surface area (Å²) in [7, 11) is 1.66. The van der Waals surface area contributed by atoms with Crippen LogP contribution in [0.3, 0.4) is 0 Å². The minimum atomic E-state index is -0.288. The van der Waals surface area contributed by atoms with Gasteiger partial charge in [-0.1, -0.05) is 38.1 Å². The molecule has 1 aromatic carbocycles. The van der Waals surface area contributed by atoms with Gasteiger partial charge in [0.2, 0.25) is 0 Å². The average molecular weight is 367 g/mol. The molecule has 1 amide bonds. The molecule has 26 heavy (non-hydrogen) atoms. The van der Waals surface area contributed by atoms with Crippen molar-refractivity contribution < 1.29 is 4.79 Å². The number of nitrogens with zero attached hydrogens (tertiary/aromatic N) is 2. The number of carbonyl (C=O) groups is 1. The van der Waals surface area contributed by atoms with Crippen LogP contribution < -0.4 is 10.9 Å². The van der Waals surface area contributed by atoms with Crippen molar-refractivity contribution in [3.8, 4) is 10.6 Å². The predicted octanol–water partition coefficient (Wildman–Crippen LogP) is 4.19. The maximum Gasteiger partial charge on any atom is 0.275 e. The second-order valence-corrected chi connectivity index (χ2v) is 7.45. The van der Waals surface area contributed by atoms with Gasteiger partial charge in [-0.2, -0.15) is 0 Å². The molecule has 0 aliphatic heterocycles. The Labute approximate surface area is 156 Å². The Balaban J connectivity index is 1.79. The molecule has 0 aliphatic rings. The molecule has 3 rings (SSSR count). The van der Waals surface area contributed by atoms with E-state index in [0.717, 1.165) is 10.6 Å². The van der Waals surface area contributed by atoms with Crippen molar-refractivity contribution in [1.82, 2.24) is 9.55 Å². The summed E-state index contributed by atoms with van der Waals surface area (Å²) >= 11 is 1.44. The minimum Gasteiger partial charge on any atom is -0.319 e. The van der Waals surface area contributed by atoms with Gasteiger partial charge >= 0.3 is 0 Å². The Bertz CT molecular complexity index is 974. The number of aryl methyl sites for hydroxylation is 2. The largest absolute Gasteiger partial charge is 0.319 e. The number of anilines is 1. The molecule has 134 valence electrons. The summed E-state index contributed by atoms with van der Waals surface area (Å²) in [5.41, 5.74) is 3.71. The maximum absolute atomic E-state index is 12.5. The highest BCUT2D eigenvalue weighted by Gasteiger charge is 2.13. The van der Waals surface area contributed by atoms with Crippen molar-refractivity contribution >= 4 is 22.9 Å². The van der Waals surface area contributed by atoms with Crippen LogP contribution in [0.1, 0.15) is 41.4 Å². The van der Waals surface area contributed by atoms with Gasteiger partial charge in [0.1, 0.15) is 10.7 Å². The van der Waals surface area contributed by atoms with Gasteiger partial charge in [0.25, 0.3) is 11.5 Å². The molecule has 5 nitrogen and oxygen atoms in total. The first kappa shape index (κ1) is 18.1. The fourth-order valence-corrected chi connectivity index (χ4v) is 3.47. The number of hydrogen-bond donors (Lipinski definition) is 1. The fraction of sp³-hybridized carbons (Fsp3) is 0.250. The smallest absolute Gasteiger partial charge is 0.275 e. The van der Waals surface area contributed by atoms with E-state index in [1.165, 1.54) is 21.5 Å². The lowest BCUT2D eigenvalue weighted by atomic mass is 10.0. The van der Waals surface area contributed by atoms with Gasteiger partial charge in [-0.05, 0) is 24.5 Å². The van der Waals surface area contributed by atoms with Gasteiger partial charge < -0.3 is 9.88 Å². The number of nitrogens with one attached hydrogen (secondary N) is 1. The Kier molecular flexibility index (Phi) is 5.04. The number of amides is 1. The maximum atomic E-state index is 12.5. The van der Waals surface area contributed by atoms with Crippen LogP contribution in [-0.2, 0) is 7.05 Å². The summed E-state index contributed by atoms with van der Waals surface area (Å²) in [6.07, 6.45) is 1.60. The molecule has 0 aliphatic carbocycles. The second kappa shape index (κ2) is 7.25. The zero-order valence-corrected chi connectivity index (χ0v) is 16.1. The standard InChI is InChI=1S/C20H21N3O2S/c1-12(2)14-5-7-15(8-6-14)19-22-17(11-26-19)18(24)21-16-9-13(3)20(25)23(4)10-16/h5-12H,1-4H3,(H,21,24). The lowest BCUT2D eigenvalue weighted by Gasteiger charge is -2.07. The molecule has 0 radical (unpaired) electrons. The van der Waals surface area contributed by atoms with Gasteiger partial charge in [0.05, 0.1) is 5.69 Å². The third-order valence-electron chi connectivity index (χ3n) is 4.18. The molecule has 6 heteroatoms. The van der Waals surface area contributed by atoms with Crippen molar-refractivity contribution in [3.05, 3.63) is 69.1 Å². The molecule has 0 spiro atoms. The molecule has 2 aromatic heterocycles. The molecule has 0 bridgehead atoms. The van der Waals surface area contributed by atoms with Crippen LogP contribution >= 0.6 is 11.3 Å². The van der Waals surface area contributed by atoms with Gasteiger partial charge in [0.15, 0.2) is 0 Å². The molecule has 2 heterocycles. The van der Waals surface area contributed by atoms with Crippen LogP contribution in [0.25, 0.3) is 10.6 Å². The Morgan fingerprint density at radius 1 is 1.23 bits per heavy atom. The average Bonchev–Trinajstić information content (AvgIpc) is 3.10. The van der Waals surface area contributed by atoms with Crippen molar-refractivity contribution in [2.24, 2.45) is 7.05 Å². The van der Waals surface area contributed by atoms with E-state index in [4.69, 9.17) is 0 Å². The third-order valence-corrected chi connectivity index (χ3v) is 5.07. The van der Waals surface area contributed by atoms with E-state index < -0.39 is 0 Å². The van der Waals surface area contributed by atoms with E-state index in [1.807, 2.05) is 12.1 Å². The molecule has 0 saturated heterocycles. The summed E-state index contributed by atoms with van der Waals surface area (Å²) in [5.74, 6) is 0.191. The van der Waals surface area contributed by atoms with E-state index >= 15 is 0 Å². The molecule has 0 unspecified atom stereocenters. The number of rotatable bonds is 4. The summed E-state index contributed by atoms with van der Waals surface area (Å²) in [6, 6.07) is 9.92. The van der Waals surface area contributed by atoms with Crippen LogP contribution in [0.5, 0.6) is 0 Å². The van der Waals surface area contributed by atoms with Gasteiger partial charge in [-0.3, -0.25) is 9.59 Å². The Morgan fingerprint density at radius 2 is 1.92 bits per heavy atom. The van der Waals surface area contributed by atoms with E-state index in [2.05, 4.69) is 36.3 Å². The topological polar surface area (TPSA) is 64.0 Å². The number of thiazole rings is 1. The van der Waals surface area contributed by atoms with Crippen LogP contribution in [0.15, 0.2) is 46.7 Å². The summed E-state index contributed by atoms with van der Waals surface area (Å²) in [6.45, 7) is 6.03. The third kappa shape index (κ3) is 3.75. The molecule has 1 N–H and O–H groups in total. The molecular formula is C20H21N3O2S. The molecule has 0 fully saturated rings. The monoisotopic (exact) mass is 367 g/mol. The minimum absolute atomic E-state index is 0.0798. The summed E-state index contributed by atoms with van der Waals surface area (Å²) in [5, 5.41) is 5.35. The Morgan fingerprint density at radius 3 is 2.54 bits per heavy atom. The number of aromatic nitrogens is 2. The zero-order valence-electron chi connectivity index (χ0n) is 15.2. The van der Waals surface area contributed by atoms with Crippen molar-refractivity contribution in [3.63, 3.8) is 0 Å². The van der Waals surface area contributed by atoms with Crippen molar-refractivity contribution in [2.75, 3.05) is 5.32 Å². The zero-order chi connectivity index (χ0) is 18.8.